The number of aryl methyl sites for hydroxylation is 1. The number of sulfonamides is 1. The van der Waals surface area contributed by atoms with Crippen molar-refractivity contribution in [3.8, 4) is 0 Å². The maximum Gasteiger partial charge on any atom is 0.245 e. The summed E-state index contributed by atoms with van der Waals surface area (Å²) >= 11 is 0. The minimum atomic E-state index is -3.55. The Bertz CT molecular complexity index is 522. The van der Waals surface area contributed by atoms with Gasteiger partial charge in [-0.2, -0.15) is 4.31 Å². The van der Waals surface area contributed by atoms with Gasteiger partial charge in [0.25, 0.3) is 0 Å². The number of aliphatic hydroxyl groups excluding tert-OH is 1. The molecule has 0 saturated carbocycles. The molecule has 1 aliphatic rings. The third kappa shape index (κ3) is 2.23. The van der Waals surface area contributed by atoms with Crippen LogP contribution in [-0.4, -0.2) is 37.5 Å². The third-order valence-electron chi connectivity index (χ3n) is 3.35. The predicted molar refractivity (Wildman–Crippen MR) is 69.5 cm³/mol. The van der Waals surface area contributed by atoms with E-state index in [2.05, 4.69) is 0 Å². The van der Waals surface area contributed by atoms with Crippen LogP contribution in [0, 0.1) is 12.8 Å². The molecule has 0 aliphatic carbocycles. The van der Waals surface area contributed by atoms with Gasteiger partial charge in [0.15, 0.2) is 0 Å². The van der Waals surface area contributed by atoms with Crippen LogP contribution >= 0.6 is 0 Å². The number of hydrogen-bond acceptors (Lipinski definition) is 4. The first-order valence-corrected chi connectivity index (χ1v) is 7.37. The molecule has 1 aromatic rings. The second-order valence-electron chi connectivity index (χ2n) is 4.69. The monoisotopic (exact) mass is 270 g/mol. The average Bonchev–Trinajstić information content (AvgIpc) is 2.77. The number of nitrogen functional groups attached to an aromatic ring is 1. The van der Waals surface area contributed by atoms with E-state index in [1.807, 2.05) is 0 Å². The number of benzene rings is 1. The second kappa shape index (κ2) is 4.87. The van der Waals surface area contributed by atoms with Crippen LogP contribution in [0.1, 0.15) is 12.0 Å². The van der Waals surface area contributed by atoms with Gasteiger partial charge in [0.2, 0.25) is 10.0 Å². The lowest BCUT2D eigenvalue weighted by Gasteiger charge is -2.19. The summed E-state index contributed by atoms with van der Waals surface area (Å²) in [5, 5.41) is 9.08. The highest BCUT2D eigenvalue weighted by atomic mass is 32.2. The smallest absolute Gasteiger partial charge is 0.245 e. The first-order valence-electron chi connectivity index (χ1n) is 5.93. The molecule has 1 unspecified atom stereocenters. The van der Waals surface area contributed by atoms with Crippen molar-refractivity contribution in [2.45, 2.75) is 18.2 Å². The molecule has 1 saturated heterocycles. The van der Waals surface area contributed by atoms with Gasteiger partial charge in [-0.25, -0.2) is 8.42 Å². The van der Waals surface area contributed by atoms with Gasteiger partial charge in [-0.1, -0.05) is 12.1 Å². The molecule has 0 bridgehead atoms. The van der Waals surface area contributed by atoms with E-state index in [9.17, 15) is 8.42 Å². The summed E-state index contributed by atoms with van der Waals surface area (Å²) in [6, 6.07) is 5.08. The van der Waals surface area contributed by atoms with Crippen LogP contribution in [0.2, 0.25) is 0 Å². The number of anilines is 1. The topological polar surface area (TPSA) is 83.6 Å². The van der Waals surface area contributed by atoms with E-state index >= 15 is 0 Å². The molecular weight excluding hydrogens is 252 g/mol. The van der Waals surface area contributed by atoms with Crippen molar-refractivity contribution < 1.29 is 13.5 Å². The minimum absolute atomic E-state index is 0.0231. The highest BCUT2D eigenvalue weighted by Gasteiger charge is 2.34. The van der Waals surface area contributed by atoms with Crippen molar-refractivity contribution in [3.05, 3.63) is 23.8 Å². The molecule has 0 spiro atoms. The molecule has 0 aromatic heterocycles. The standard InChI is InChI=1S/C12H18N2O3S/c1-9-3-2-4-11(13)12(9)18(16,17)14-6-5-10(7-14)8-15/h2-4,10,15H,5-8,13H2,1H3. The molecule has 18 heavy (non-hydrogen) atoms. The zero-order chi connectivity index (χ0) is 13.3. The Balaban J connectivity index is 2.38. The highest BCUT2D eigenvalue weighted by molar-refractivity contribution is 7.89. The first-order chi connectivity index (χ1) is 8.46. The van der Waals surface area contributed by atoms with Gasteiger partial charge in [-0.3, -0.25) is 0 Å². The summed E-state index contributed by atoms with van der Waals surface area (Å²) < 4.78 is 26.4. The van der Waals surface area contributed by atoms with Crippen molar-refractivity contribution >= 4 is 15.7 Å². The predicted octanol–water partition coefficient (Wildman–Crippen LogP) is 0.580. The van der Waals surface area contributed by atoms with Crippen LogP contribution in [-0.2, 0) is 10.0 Å². The fraction of sp³-hybridized carbons (Fsp3) is 0.500. The van der Waals surface area contributed by atoms with Crippen LogP contribution in [0.5, 0.6) is 0 Å². The van der Waals surface area contributed by atoms with Crippen molar-refractivity contribution in [2.24, 2.45) is 5.92 Å². The Morgan fingerprint density at radius 3 is 2.78 bits per heavy atom. The molecule has 1 aromatic carbocycles. The Hall–Kier alpha value is -1.11. The Labute approximate surface area is 107 Å². The van der Waals surface area contributed by atoms with Gasteiger partial charge in [0.05, 0.1) is 5.69 Å². The molecule has 5 nitrogen and oxygen atoms in total. The Morgan fingerprint density at radius 1 is 1.50 bits per heavy atom. The number of hydrogen-bond donors (Lipinski definition) is 2. The molecular formula is C12H18N2O3S. The fourth-order valence-electron chi connectivity index (χ4n) is 2.32. The van der Waals surface area contributed by atoms with Crippen LogP contribution in [0.15, 0.2) is 23.1 Å². The van der Waals surface area contributed by atoms with E-state index in [4.69, 9.17) is 10.8 Å². The van der Waals surface area contributed by atoms with E-state index in [0.29, 0.717) is 25.1 Å². The number of nitrogens with two attached hydrogens (primary N) is 1. The lowest BCUT2D eigenvalue weighted by Crippen LogP contribution is -2.30. The quantitative estimate of drug-likeness (QED) is 0.787. The van der Waals surface area contributed by atoms with Crippen molar-refractivity contribution in [3.63, 3.8) is 0 Å². The number of aliphatic hydroxyl groups is 1. The molecule has 0 amide bonds. The van der Waals surface area contributed by atoms with Gasteiger partial charge in [0, 0.05) is 19.7 Å². The Morgan fingerprint density at radius 2 is 2.22 bits per heavy atom. The number of nitrogens with zero attached hydrogens (tertiary/aromatic N) is 1. The first kappa shape index (κ1) is 13.3. The van der Waals surface area contributed by atoms with E-state index in [1.165, 1.54) is 4.31 Å². The van der Waals surface area contributed by atoms with Crippen molar-refractivity contribution in [2.75, 3.05) is 25.4 Å². The van der Waals surface area contributed by atoms with Crippen LogP contribution in [0.3, 0.4) is 0 Å². The SMILES string of the molecule is Cc1cccc(N)c1S(=O)(=O)N1CCC(CO)C1. The molecule has 0 radical (unpaired) electrons. The van der Waals surface area contributed by atoms with Crippen molar-refractivity contribution in [1.29, 1.82) is 0 Å². The van der Waals surface area contributed by atoms with Crippen LogP contribution < -0.4 is 5.73 Å². The molecule has 2 rings (SSSR count). The summed E-state index contributed by atoms with van der Waals surface area (Å²) in [7, 11) is -3.55. The lowest BCUT2D eigenvalue weighted by atomic mass is 10.1. The van der Waals surface area contributed by atoms with Crippen molar-refractivity contribution in [1.82, 2.24) is 4.31 Å². The molecule has 1 fully saturated rings. The maximum absolute atomic E-state index is 12.5. The summed E-state index contributed by atoms with van der Waals surface area (Å²) in [5.74, 6) is 0.0324. The molecule has 100 valence electrons. The lowest BCUT2D eigenvalue weighted by molar-refractivity contribution is 0.233. The summed E-state index contributed by atoms with van der Waals surface area (Å²) in [6.45, 7) is 2.58. The maximum atomic E-state index is 12.5. The van der Waals surface area contributed by atoms with Gasteiger partial charge in [-0.15, -0.1) is 0 Å². The highest BCUT2D eigenvalue weighted by Crippen LogP contribution is 2.29. The summed E-state index contributed by atoms with van der Waals surface area (Å²) in [5.41, 5.74) is 6.72. The van der Waals surface area contributed by atoms with Gasteiger partial charge >= 0.3 is 0 Å². The molecule has 1 atom stereocenters. The van der Waals surface area contributed by atoms with E-state index < -0.39 is 10.0 Å². The summed E-state index contributed by atoms with van der Waals surface area (Å²) in [6.07, 6.45) is 0.696. The molecule has 1 aliphatic heterocycles. The molecule has 1 heterocycles. The average molecular weight is 270 g/mol. The Kier molecular flexibility index (Phi) is 3.61. The van der Waals surface area contributed by atoms with E-state index in [-0.39, 0.29) is 23.1 Å². The van der Waals surface area contributed by atoms with Gasteiger partial charge in [-0.05, 0) is 30.9 Å². The van der Waals surface area contributed by atoms with Gasteiger partial charge < -0.3 is 10.8 Å². The zero-order valence-corrected chi connectivity index (χ0v) is 11.2. The van der Waals surface area contributed by atoms with Crippen LogP contribution in [0.4, 0.5) is 5.69 Å². The molecule has 3 N–H and O–H groups in total. The van der Waals surface area contributed by atoms with Crippen LogP contribution in [0.25, 0.3) is 0 Å². The normalized spacial score (nSPS) is 21.3. The van der Waals surface area contributed by atoms with Gasteiger partial charge in [0.1, 0.15) is 4.90 Å². The molecule has 6 heteroatoms. The van der Waals surface area contributed by atoms with E-state index in [1.54, 1.807) is 25.1 Å². The third-order valence-corrected chi connectivity index (χ3v) is 5.43. The second-order valence-corrected chi connectivity index (χ2v) is 6.57. The fourth-order valence-corrected chi connectivity index (χ4v) is 4.17. The minimum Gasteiger partial charge on any atom is -0.398 e. The zero-order valence-electron chi connectivity index (χ0n) is 10.3. The largest absolute Gasteiger partial charge is 0.398 e. The number of rotatable bonds is 3. The summed E-state index contributed by atoms with van der Waals surface area (Å²) in [4.78, 5) is 0.198. The van der Waals surface area contributed by atoms with E-state index in [0.717, 1.165) is 0 Å².